The first-order chi connectivity index (χ1) is 7.84. The van der Waals surface area contributed by atoms with Gasteiger partial charge in [-0.3, -0.25) is 4.98 Å². The van der Waals surface area contributed by atoms with Gasteiger partial charge in [0.2, 0.25) is 0 Å². The number of rotatable bonds is 0. The molecule has 2 bridgehead atoms. The van der Waals surface area contributed by atoms with E-state index in [1.165, 1.54) is 5.56 Å². The second-order valence-electron chi connectivity index (χ2n) is 3.99. The maximum absolute atomic E-state index is 4.32. The molecule has 1 N–H and O–H groups in total. The van der Waals surface area contributed by atoms with Crippen molar-refractivity contribution in [2.24, 2.45) is 0 Å². The Morgan fingerprint density at radius 2 is 2.38 bits per heavy atom. The van der Waals surface area contributed by atoms with Gasteiger partial charge in [-0.25, -0.2) is 0 Å². The first-order valence-electron chi connectivity index (χ1n) is 5.38. The quantitative estimate of drug-likeness (QED) is 0.663. The minimum Gasteiger partial charge on any atom is -0.354 e. The normalized spacial score (nSPS) is 22.6. The maximum atomic E-state index is 4.32. The van der Waals surface area contributed by atoms with E-state index in [2.05, 4.69) is 40.3 Å². The third-order valence-corrected chi connectivity index (χ3v) is 2.90. The van der Waals surface area contributed by atoms with Gasteiger partial charge in [-0.2, -0.15) is 0 Å². The van der Waals surface area contributed by atoms with E-state index in [9.17, 15) is 0 Å². The second-order valence-corrected chi connectivity index (χ2v) is 3.99. The van der Waals surface area contributed by atoms with Crippen LogP contribution in [-0.2, 0) is 0 Å². The third-order valence-electron chi connectivity index (χ3n) is 2.90. The summed E-state index contributed by atoms with van der Waals surface area (Å²) in [4.78, 5) is 4.32. The first kappa shape index (κ1) is 9.20. The summed E-state index contributed by atoms with van der Waals surface area (Å²) in [5.74, 6) is 0.300. The van der Waals surface area contributed by atoms with Gasteiger partial charge in [0.15, 0.2) is 0 Å². The van der Waals surface area contributed by atoms with Gasteiger partial charge in [0.05, 0.1) is 11.4 Å². The van der Waals surface area contributed by atoms with Crippen molar-refractivity contribution in [2.45, 2.75) is 12.8 Å². The van der Waals surface area contributed by atoms with Crippen LogP contribution in [0, 0.1) is 6.92 Å². The number of hydrogen-bond donors (Lipinski definition) is 1. The highest BCUT2D eigenvalue weighted by Crippen LogP contribution is 2.34. The maximum Gasteiger partial charge on any atom is 0.0642 e. The highest BCUT2D eigenvalue weighted by Gasteiger charge is 2.19. The fourth-order valence-corrected chi connectivity index (χ4v) is 2.10. The van der Waals surface area contributed by atoms with Crippen LogP contribution in [0.15, 0.2) is 54.1 Å². The lowest BCUT2D eigenvalue weighted by Crippen LogP contribution is -2.12. The van der Waals surface area contributed by atoms with Crippen LogP contribution >= 0.6 is 0 Å². The molecule has 1 aromatic rings. The van der Waals surface area contributed by atoms with Crippen molar-refractivity contribution in [2.75, 3.05) is 5.32 Å². The Morgan fingerprint density at radius 1 is 1.44 bits per heavy atom. The molecule has 78 valence electrons. The van der Waals surface area contributed by atoms with Crippen molar-refractivity contribution in [3.63, 3.8) is 0 Å². The van der Waals surface area contributed by atoms with Crippen LogP contribution < -0.4 is 5.32 Å². The minimum absolute atomic E-state index is 0.300. The second kappa shape index (κ2) is 3.51. The summed E-state index contributed by atoms with van der Waals surface area (Å²) in [6.07, 6.45) is 12.1. The molecule has 2 heterocycles. The average Bonchev–Trinajstić information content (AvgIpc) is 2.26. The zero-order valence-corrected chi connectivity index (χ0v) is 9.07. The summed E-state index contributed by atoms with van der Waals surface area (Å²) in [5, 5.41) is 3.41. The average molecular weight is 208 g/mol. The molecule has 3 rings (SSSR count). The lowest BCUT2D eigenvalue weighted by atomic mass is 9.92. The Labute approximate surface area is 94.7 Å². The topological polar surface area (TPSA) is 24.9 Å². The molecule has 0 spiro atoms. The molecule has 1 unspecified atom stereocenters. The number of pyridine rings is 1. The number of anilines is 1. The van der Waals surface area contributed by atoms with Crippen molar-refractivity contribution in [3.8, 4) is 0 Å². The standard InChI is InChI=1S/C14H12N2/c1-10-14-13(7-8-15-10)11-5-3-2-4-6-12(9-11)16-14/h2,4-9,11,16H,1H3/b6-4-. The van der Waals surface area contributed by atoms with Gasteiger partial charge < -0.3 is 5.32 Å². The number of fused-ring (bicyclic) bond motifs is 3. The molecule has 0 saturated heterocycles. The summed E-state index contributed by atoms with van der Waals surface area (Å²) >= 11 is 0. The third kappa shape index (κ3) is 1.40. The highest BCUT2D eigenvalue weighted by molar-refractivity contribution is 5.66. The highest BCUT2D eigenvalue weighted by atomic mass is 14.9. The molecule has 16 heavy (non-hydrogen) atoms. The lowest BCUT2D eigenvalue weighted by molar-refractivity contribution is 1.01. The van der Waals surface area contributed by atoms with Gasteiger partial charge in [-0.05, 0) is 42.9 Å². The van der Waals surface area contributed by atoms with E-state index in [1.54, 1.807) is 0 Å². The summed E-state index contributed by atoms with van der Waals surface area (Å²) in [5.41, 5.74) is 7.75. The molecular weight excluding hydrogens is 196 g/mol. The Morgan fingerprint density at radius 3 is 3.31 bits per heavy atom. The van der Waals surface area contributed by atoms with Crippen molar-refractivity contribution in [1.29, 1.82) is 0 Å². The largest absolute Gasteiger partial charge is 0.354 e. The zero-order valence-electron chi connectivity index (χ0n) is 9.07. The Balaban J connectivity index is 2.21. The zero-order chi connectivity index (χ0) is 11.0. The molecule has 1 aliphatic heterocycles. The van der Waals surface area contributed by atoms with Crippen LogP contribution in [0.5, 0.6) is 0 Å². The van der Waals surface area contributed by atoms with Crippen molar-refractivity contribution < 1.29 is 0 Å². The Hall–Kier alpha value is -2.05. The summed E-state index contributed by atoms with van der Waals surface area (Å²) in [6.45, 7) is 2.03. The Bertz CT molecular complexity index is 558. The van der Waals surface area contributed by atoms with Crippen LogP contribution in [-0.4, -0.2) is 4.98 Å². The molecule has 2 aliphatic rings. The molecule has 0 saturated carbocycles. The van der Waals surface area contributed by atoms with E-state index in [0.29, 0.717) is 5.92 Å². The van der Waals surface area contributed by atoms with E-state index in [-0.39, 0.29) is 0 Å². The summed E-state index contributed by atoms with van der Waals surface area (Å²) < 4.78 is 0. The van der Waals surface area contributed by atoms with Crippen molar-refractivity contribution in [3.05, 3.63) is 65.3 Å². The molecule has 0 aromatic carbocycles. The molecule has 2 nitrogen and oxygen atoms in total. The number of aromatic nitrogens is 1. The van der Waals surface area contributed by atoms with Gasteiger partial charge in [-0.15, -0.1) is 5.73 Å². The molecule has 0 amide bonds. The predicted molar refractivity (Wildman–Crippen MR) is 65.2 cm³/mol. The molecule has 2 heteroatoms. The van der Waals surface area contributed by atoms with Gasteiger partial charge in [0.1, 0.15) is 0 Å². The van der Waals surface area contributed by atoms with Crippen LogP contribution in [0.25, 0.3) is 0 Å². The SMILES string of the molecule is Cc1nccc2c1NC1=CC2C=C=C/C=C\1. The van der Waals surface area contributed by atoms with Crippen LogP contribution in [0.3, 0.4) is 0 Å². The van der Waals surface area contributed by atoms with Crippen LogP contribution in [0.4, 0.5) is 5.69 Å². The molecule has 0 radical (unpaired) electrons. The molecule has 1 atom stereocenters. The van der Waals surface area contributed by atoms with Crippen LogP contribution in [0.2, 0.25) is 0 Å². The fraction of sp³-hybridized carbons (Fsp3) is 0.143. The number of aryl methyl sites for hydroxylation is 1. The predicted octanol–water partition coefficient (Wildman–Crippen LogP) is 3.06. The monoisotopic (exact) mass is 208 g/mol. The van der Waals surface area contributed by atoms with Gasteiger partial charge in [-0.1, -0.05) is 6.08 Å². The van der Waals surface area contributed by atoms with E-state index >= 15 is 0 Å². The van der Waals surface area contributed by atoms with E-state index < -0.39 is 0 Å². The van der Waals surface area contributed by atoms with E-state index in [4.69, 9.17) is 0 Å². The van der Waals surface area contributed by atoms with Gasteiger partial charge in [0.25, 0.3) is 0 Å². The van der Waals surface area contributed by atoms with Crippen molar-refractivity contribution in [1.82, 2.24) is 4.98 Å². The van der Waals surface area contributed by atoms with E-state index in [1.807, 2.05) is 25.3 Å². The molecular formula is C14H12N2. The van der Waals surface area contributed by atoms with Gasteiger partial charge in [0, 0.05) is 17.8 Å². The summed E-state index contributed by atoms with van der Waals surface area (Å²) in [7, 11) is 0. The lowest BCUT2D eigenvalue weighted by Gasteiger charge is -2.24. The summed E-state index contributed by atoms with van der Waals surface area (Å²) in [6, 6.07) is 2.07. The van der Waals surface area contributed by atoms with Crippen LogP contribution in [0.1, 0.15) is 17.2 Å². The molecule has 1 aliphatic carbocycles. The fourth-order valence-electron chi connectivity index (χ4n) is 2.10. The Kier molecular flexibility index (Phi) is 2.02. The number of nitrogens with one attached hydrogen (secondary N) is 1. The number of nitrogens with zero attached hydrogens (tertiary/aromatic N) is 1. The van der Waals surface area contributed by atoms with E-state index in [0.717, 1.165) is 17.1 Å². The molecule has 1 aromatic heterocycles. The van der Waals surface area contributed by atoms with Gasteiger partial charge >= 0.3 is 0 Å². The van der Waals surface area contributed by atoms with Crippen molar-refractivity contribution >= 4 is 5.69 Å². The smallest absolute Gasteiger partial charge is 0.0642 e. The molecule has 0 fully saturated rings. The first-order valence-corrected chi connectivity index (χ1v) is 5.38. The number of allylic oxidation sites excluding steroid dienone is 4. The number of hydrogen-bond acceptors (Lipinski definition) is 2. The minimum atomic E-state index is 0.300.